The van der Waals surface area contributed by atoms with E-state index in [4.69, 9.17) is 11.5 Å². The number of halogens is 1. The lowest BCUT2D eigenvalue weighted by atomic mass is 10.1. The maximum atomic E-state index is 13.0. The van der Waals surface area contributed by atoms with Gasteiger partial charge in [-0.05, 0) is 29.8 Å². The number of thiazole rings is 1. The van der Waals surface area contributed by atoms with E-state index in [1.807, 2.05) is 17.5 Å². The van der Waals surface area contributed by atoms with Crippen LogP contribution in [0.2, 0.25) is 0 Å². The van der Waals surface area contributed by atoms with Gasteiger partial charge in [0, 0.05) is 16.6 Å². The van der Waals surface area contributed by atoms with Crippen LogP contribution in [0.1, 0.15) is 5.56 Å². The van der Waals surface area contributed by atoms with Gasteiger partial charge >= 0.3 is 6.03 Å². The lowest BCUT2D eigenvalue weighted by Crippen LogP contribution is -2.35. The van der Waals surface area contributed by atoms with E-state index >= 15 is 0 Å². The summed E-state index contributed by atoms with van der Waals surface area (Å²) in [7, 11) is 0. The summed E-state index contributed by atoms with van der Waals surface area (Å²) in [6.45, 7) is 0.263. The topological polar surface area (TPSA) is 85.2 Å². The Morgan fingerprint density at radius 2 is 1.79 bits per heavy atom. The second-order valence-corrected chi connectivity index (χ2v) is 6.06. The predicted octanol–water partition coefficient (Wildman–Crippen LogP) is 3.62. The Kier molecular flexibility index (Phi) is 4.43. The summed E-state index contributed by atoms with van der Waals surface area (Å²) in [4.78, 5) is 17.4. The number of benzene rings is 2. The molecular weight excluding hydrogens is 327 g/mol. The van der Waals surface area contributed by atoms with Crippen molar-refractivity contribution in [2.75, 3.05) is 10.6 Å². The van der Waals surface area contributed by atoms with E-state index in [0.29, 0.717) is 10.8 Å². The zero-order valence-corrected chi connectivity index (χ0v) is 13.5. The van der Waals surface area contributed by atoms with Crippen molar-refractivity contribution >= 4 is 28.2 Å². The molecule has 0 saturated heterocycles. The number of rotatable bonds is 4. The number of primary amides is 1. The van der Waals surface area contributed by atoms with Crippen LogP contribution in [0.4, 0.5) is 20.0 Å². The highest BCUT2D eigenvalue weighted by Crippen LogP contribution is 2.26. The number of urea groups is 1. The minimum atomic E-state index is -0.579. The van der Waals surface area contributed by atoms with Gasteiger partial charge in [-0.1, -0.05) is 24.3 Å². The van der Waals surface area contributed by atoms with Gasteiger partial charge in [0.05, 0.1) is 12.2 Å². The molecule has 0 aliphatic rings. The zero-order valence-electron chi connectivity index (χ0n) is 12.6. The van der Waals surface area contributed by atoms with Crippen molar-refractivity contribution in [2.45, 2.75) is 6.54 Å². The number of aromatic nitrogens is 1. The number of amides is 2. The van der Waals surface area contributed by atoms with Crippen molar-refractivity contribution in [2.24, 2.45) is 5.73 Å². The lowest BCUT2D eigenvalue weighted by Gasteiger charge is -2.21. The van der Waals surface area contributed by atoms with Crippen LogP contribution in [0, 0.1) is 5.82 Å². The van der Waals surface area contributed by atoms with Gasteiger partial charge in [0.25, 0.3) is 0 Å². The quantitative estimate of drug-likeness (QED) is 0.759. The molecule has 1 aromatic heterocycles. The van der Waals surface area contributed by atoms with E-state index in [-0.39, 0.29) is 12.4 Å². The monoisotopic (exact) mass is 342 g/mol. The molecule has 5 nitrogen and oxygen atoms in total. The Morgan fingerprint density at radius 3 is 2.33 bits per heavy atom. The third kappa shape index (κ3) is 3.52. The van der Waals surface area contributed by atoms with Crippen molar-refractivity contribution in [3.05, 3.63) is 65.3 Å². The Balaban J connectivity index is 1.83. The first-order valence-corrected chi connectivity index (χ1v) is 8.04. The summed E-state index contributed by atoms with van der Waals surface area (Å²) in [5.74, 6) is -0.323. The first-order valence-electron chi connectivity index (χ1n) is 7.16. The average molecular weight is 342 g/mol. The normalized spacial score (nSPS) is 10.5. The number of hydrogen-bond donors (Lipinski definition) is 2. The van der Waals surface area contributed by atoms with E-state index in [2.05, 4.69) is 4.98 Å². The standard InChI is InChI=1S/C17H15FN4OS/c18-13-5-1-11(2-6-13)9-22(17(20)23)14-7-3-12(4-8-14)15-10-24-16(19)21-15/h1-8,10H,9H2,(H2,19,21)(H2,20,23). The van der Waals surface area contributed by atoms with E-state index in [1.54, 1.807) is 24.3 Å². The molecule has 0 spiro atoms. The van der Waals surface area contributed by atoms with Crippen molar-refractivity contribution < 1.29 is 9.18 Å². The third-order valence-electron chi connectivity index (χ3n) is 3.52. The summed E-state index contributed by atoms with van der Waals surface area (Å²) >= 11 is 1.37. The summed E-state index contributed by atoms with van der Waals surface area (Å²) in [6, 6.07) is 12.7. The van der Waals surface area contributed by atoms with Crippen LogP contribution in [-0.4, -0.2) is 11.0 Å². The van der Waals surface area contributed by atoms with Crippen LogP contribution < -0.4 is 16.4 Å². The zero-order chi connectivity index (χ0) is 17.1. The van der Waals surface area contributed by atoms with E-state index in [0.717, 1.165) is 16.8 Å². The SMILES string of the molecule is NC(=O)N(Cc1ccc(F)cc1)c1ccc(-c2csc(N)n2)cc1. The number of anilines is 2. The average Bonchev–Trinajstić information content (AvgIpc) is 3.01. The van der Waals surface area contributed by atoms with Crippen LogP contribution in [0.15, 0.2) is 53.9 Å². The van der Waals surface area contributed by atoms with Crippen LogP contribution >= 0.6 is 11.3 Å². The molecule has 0 unspecified atom stereocenters. The van der Waals surface area contributed by atoms with Crippen LogP contribution in [-0.2, 0) is 6.54 Å². The molecular formula is C17H15FN4OS. The number of nitrogen functional groups attached to an aromatic ring is 1. The van der Waals surface area contributed by atoms with Gasteiger partial charge in [0.1, 0.15) is 5.82 Å². The molecule has 0 saturated carbocycles. The van der Waals surface area contributed by atoms with E-state index in [1.165, 1.54) is 28.4 Å². The van der Waals surface area contributed by atoms with Crippen molar-refractivity contribution in [3.63, 3.8) is 0 Å². The molecule has 0 aliphatic carbocycles. The van der Waals surface area contributed by atoms with E-state index < -0.39 is 6.03 Å². The summed E-state index contributed by atoms with van der Waals surface area (Å²) < 4.78 is 13.0. The fourth-order valence-electron chi connectivity index (χ4n) is 2.30. The minimum absolute atomic E-state index is 0.263. The minimum Gasteiger partial charge on any atom is -0.375 e. The van der Waals surface area contributed by atoms with Gasteiger partial charge in [-0.2, -0.15) is 0 Å². The molecule has 0 bridgehead atoms. The van der Waals surface area contributed by atoms with Crippen molar-refractivity contribution in [1.82, 2.24) is 4.98 Å². The second-order valence-electron chi connectivity index (χ2n) is 5.17. The summed E-state index contributed by atoms with van der Waals surface area (Å²) in [6.07, 6.45) is 0. The molecule has 0 fully saturated rings. The molecule has 0 atom stereocenters. The van der Waals surface area contributed by atoms with Gasteiger partial charge < -0.3 is 11.5 Å². The molecule has 0 radical (unpaired) electrons. The highest BCUT2D eigenvalue weighted by molar-refractivity contribution is 7.13. The third-order valence-corrected chi connectivity index (χ3v) is 4.19. The van der Waals surface area contributed by atoms with Crippen LogP contribution in [0.5, 0.6) is 0 Å². The molecule has 0 aliphatic heterocycles. The summed E-state index contributed by atoms with van der Waals surface area (Å²) in [5.41, 5.74) is 14.2. The van der Waals surface area contributed by atoms with Crippen molar-refractivity contribution in [1.29, 1.82) is 0 Å². The molecule has 3 aromatic rings. The molecule has 4 N–H and O–H groups in total. The largest absolute Gasteiger partial charge is 0.375 e. The van der Waals surface area contributed by atoms with Crippen LogP contribution in [0.25, 0.3) is 11.3 Å². The summed E-state index contributed by atoms with van der Waals surface area (Å²) in [5, 5.41) is 2.37. The van der Waals surface area contributed by atoms with Gasteiger partial charge in [-0.3, -0.25) is 4.90 Å². The van der Waals surface area contributed by atoms with Gasteiger partial charge in [0.2, 0.25) is 0 Å². The second kappa shape index (κ2) is 6.67. The molecule has 7 heteroatoms. The number of nitrogens with zero attached hydrogens (tertiary/aromatic N) is 2. The molecule has 1 heterocycles. The van der Waals surface area contributed by atoms with E-state index in [9.17, 15) is 9.18 Å². The fraction of sp³-hybridized carbons (Fsp3) is 0.0588. The smallest absolute Gasteiger partial charge is 0.319 e. The van der Waals surface area contributed by atoms with Gasteiger partial charge in [0.15, 0.2) is 5.13 Å². The Bertz CT molecular complexity index is 846. The van der Waals surface area contributed by atoms with Crippen LogP contribution in [0.3, 0.4) is 0 Å². The molecule has 3 rings (SSSR count). The van der Waals surface area contributed by atoms with Crippen molar-refractivity contribution in [3.8, 4) is 11.3 Å². The maximum Gasteiger partial charge on any atom is 0.319 e. The Labute approximate surface area is 142 Å². The maximum absolute atomic E-state index is 13.0. The number of nitrogens with two attached hydrogens (primary N) is 2. The fourth-order valence-corrected chi connectivity index (χ4v) is 2.87. The van der Waals surface area contributed by atoms with Gasteiger partial charge in [-0.25, -0.2) is 14.2 Å². The predicted molar refractivity (Wildman–Crippen MR) is 94.1 cm³/mol. The number of hydrogen-bond acceptors (Lipinski definition) is 4. The lowest BCUT2D eigenvalue weighted by molar-refractivity contribution is 0.253. The first-order chi connectivity index (χ1) is 11.5. The molecule has 2 aromatic carbocycles. The number of carbonyl (C=O) groups is 1. The Hall–Kier alpha value is -2.93. The highest BCUT2D eigenvalue weighted by Gasteiger charge is 2.13. The molecule has 24 heavy (non-hydrogen) atoms. The molecule has 122 valence electrons. The first kappa shape index (κ1) is 15.9. The van der Waals surface area contributed by atoms with Gasteiger partial charge in [-0.15, -0.1) is 11.3 Å². The number of carbonyl (C=O) groups excluding carboxylic acids is 1. The molecule has 2 amide bonds. The Morgan fingerprint density at radius 1 is 1.12 bits per heavy atom. The highest BCUT2D eigenvalue weighted by atomic mass is 32.1.